The van der Waals surface area contributed by atoms with E-state index in [1.54, 1.807) is 0 Å². The van der Waals surface area contributed by atoms with Gasteiger partial charge in [0.25, 0.3) is 0 Å². The molecule has 0 aliphatic heterocycles. The zero-order chi connectivity index (χ0) is 14.5. The van der Waals surface area contributed by atoms with E-state index in [4.69, 9.17) is 5.73 Å². The number of esters is 1. The Balaban J connectivity index is 2.50. The van der Waals surface area contributed by atoms with Gasteiger partial charge in [-0.1, -0.05) is 0 Å². The summed E-state index contributed by atoms with van der Waals surface area (Å²) in [6.07, 6.45) is 1.44. The predicted molar refractivity (Wildman–Crippen MR) is 69.0 cm³/mol. The highest BCUT2D eigenvalue weighted by Gasteiger charge is 2.48. The first kappa shape index (κ1) is 15.9. The monoisotopic (exact) mass is 292 g/mol. The molecule has 0 aromatic rings. The molecule has 7 nitrogen and oxygen atoms in total. The van der Waals surface area contributed by atoms with Crippen LogP contribution in [0, 0.1) is 5.41 Å². The molecule has 1 fully saturated rings. The predicted octanol–water partition coefficient (Wildman–Crippen LogP) is -1.18. The Bertz CT molecular complexity index is 442. The van der Waals surface area contributed by atoms with Crippen molar-refractivity contribution in [2.24, 2.45) is 11.1 Å². The van der Waals surface area contributed by atoms with Gasteiger partial charge >= 0.3 is 5.97 Å². The molecule has 19 heavy (non-hydrogen) atoms. The van der Waals surface area contributed by atoms with Crippen LogP contribution < -0.4 is 11.1 Å². The molecule has 1 aliphatic rings. The molecule has 8 heteroatoms. The number of methoxy groups -OCH3 is 1. The number of nitrogens with two attached hydrogens (primary N) is 1. The van der Waals surface area contributed by atoms with Gasteiger partial charge in [-0.15, -0.1) is 0 Å². The minimum absolute atomic E-state index is 0.0904. The van der Waals surface area contributed by atoms with E-state index in [2.05, 4.69) is 10.1 Å². The number of ether oxygens (including phenoxy) is 1. The Labute approximate surface area is 112 Å². The van der Waals surface area contributed by atoms with Gasteiger partial charge in [0, 0.05) is 13.1 Å². The van der Waals surface area contributed by atoms with E-state index < -0.39 is 32.9 Å². The third-order valence-corrected chi connectivity index (χ3v) is 4.80. The summed E-state index contributed by atoms with van der Waals surface area (Å²) >= 11 is 0. The number of carbonyl (C=O) groups is 2. The fourth-order valence-corrected chi connectivity index (χ4v) is 3.83. The number of carbonyl (C=O) groups excluding carboxylic acids is 2. The first-order chi connectivity index (χ1) is 8.82. The third kappa shape index (κ3) is 5.56. The van der Waals surface area contributed by atoms with Crippen molar-refractivity contribution in [1.29, 1.82) is 0 Å². The van der Waals surface area contributed by atoms with Crippen LogP contribution in [0.4, 0.5) is 0 Å². The summed E-state index contributed by atoms with van der Waals surface area (Å²) in [6, 6.07) is 0. The SMILES string of the molecule is COC(=O)CC1(CS(=O)(=O)CC(=O)NCCN)CC1. The summed E-state index contributed by atoms with van der Waals surface area (Å²) in [4.78, 5) is 22.6. The van der Waals surface area contributed by atoms with Gasteiger partial charge in [0.05, 0.1) is 19.3 Å². The van der Waals surface area contributed by atoms with E-state index in [0.717, 1.165) is 0 Å². The van der Waals surface area contributed by atoms with Gasteiger partial charge in [-0.25, -0.2) is 8.42 Å². The van der Waals surface area contributed by atoms with Gasteiger partial charge in [0.2, 0.25) is 5.91 Å². The second-order valence-corrected chi connectivity index (χ2v) is 6.99. The number of amides is 1. The molecule has 110 valence electrons. The third-order valence-electron chi connectivity index (χ3n) is 3.05. The van der Waals surface area contributed by atoms with E-state index in [9.17, 15) is 18.0 Å². The summed E-state index contributed by atoms with van der Waals surface area (Å²) < 4.78 is 28.3. The Hall–Kier alpha value is -1.15. The van der Waals surface area contributed by atoms with Crippen molar-refractivity contribution < 1.29 is 22.7 Å². The Kier molecular flexibility index (Phi) is 5.30. The van der Waals surface area contributed by atoms with Crippen LogP contribution >= 0.6 is 0 Å². The van der Waals surface area contributed by atoms with Gasteiger partial charge in [0.15, 0.2) is 9.84 Å². The normalized spacial score (nSPS) is 16.7. The van der Waals surface area contributed by atoms with Crippen molar-refractivity contribution in [3.05, 3.63) is 0 Å². The lowest BCUT2D eigenvalue weighted by Gasteiger charge is -2.13. The molecule has 1 saturated carbocycles. The Morgan fingerprint density at radius 3 is 2.47 bits per heavy atom. The lowest BCUT2D eigenvalue weighted by atomic mass is 10.1. The van der Waals surface area contributed by atoms with Gasteiger partial charge in [-0.3, -0.25) is 9.59 Å². The van der Waals surface area contributed by atoms with Crippen LogP contribution in [0.25, 0.3) is 0 Å². The van der Waals surface area contributed by atoms with Crippen LogP contribution in [0.3, 0.4) is 0 Å². The van der Waals surface area contributed by atoms with Crippen molar-refractivity contribution in [2.75, 3.05) is 31.7 Å². The highest BCUT2D eigenvalue weighted by Crippen LogP contribution is 2.50. The van der Waals surface area contributed by atoms with Crippen LogP contribution in [0.1, 0.15) is 19.3 Å². The molecule has 0 bridgehead atoms. The molecule has 0 heterocycles. The second-order valence-electron chi connectivity index (χ2n) is 4.92. The maximum absolute atomic E-state index is 11.9. The van der Waals surface area contributed by atoms with E-state index in [1.165, 1.54) is 7.11 Å². The van der Waals surface area contributed by atoms with E-state index in [0.29, 0.717) is 12.8 Å². The second kappa shape index (κ2) is 6.33. The van der Waals surface area contributed by atoms with Crippen molar-refractivity contribution in [3.63, 3.8) is 0 Å². The lowest BCUT2D eigenvalue weighted by Crippen LogP contribution is -2.36. The van der Waals surface area contributed by atoms with Crippen LogP contribution in [0.15, 0.2) is 0 Å². The van der Waals surface area contributed by atoms with Gasteiger partial charge in [-0.2, -0.15) is 0 Å². The molecular formula is C11H20N2O5S. The lowest BCUT2D eigenvalue weighted by molar-refractivity contribution is -0.141. The van der Waals surface area contributed by atoms with Crippen LogP contribution in [-0.2, 0) is 24.2 Å². The summed E-state index contributed by atoms with van der Waals surface area (Å²) in [7, 11) is -2.25. The first-order valence-electron chi connectivity index (χ1n) is 6.06. The van der Waals surface area contributed by atoms with Crippen molar-refractivity contribution in [2.45, 2.75) is 19.3 Å². The van der Waals surface area contributed by atoms with Crippen LogP contribution in [0.2, 0.25) is 0 Å². The van der Waals surface area contributed by atoms with Gasteiger partial charge in [-0.05, 0) is 18.3 Å². The zero-order valence-electron chi connectivity index (χ0n) is 11.0. The maximum Gasteiger partial charge on any atom is 0.306 e. The van der Waals surface area contributed by atoms with Crippen molar-refractivity contribution >= 4 is 21.7 Å². The molecule has 0 unspecified atom stereocenters. The molecule has 0 saturated heterocycles. The van der Waals surface area contributed by atoms with E-state index >= 15 is 0 Å². The molecule has 0 atom stereocenters. The van der Waals surface area contributed by atoms with Crippen LogP contribution in [-0.4, -0.2) is 52.0 Å². The maximum atomic E-state index is 11.9. The molecule has 0 aromatic carbocycles. The summed E-state index contributed by atoms with van der Waals surface area (Å²) in [5.74, 6) is -1.68. The standard InChI is InChI=1S/C11H20N2O5S/c1-18-10(15)6-11(2-3-11)8-19(16,17)7-9(14)13-5-4-12/h2-8,12H2,1H3,(H,13,14). The quantitative estimate of drug-likeness (QED) is 0.544. The number of hydrogen-bond donors (Lipinski definition) is 2. The molecule has 1 amide bonds. The smallest absolute Gasteiger partial charge is 0.306 e. The van der Waals surface area contributed by atoms with Crippen molar-refractivity contribution in [3.8, 4) is 0 Å². The number of rotatable bonds is 8. The minimum atomic E-state index is -3.52. The van der Waals surface area contributed by atoms with E-state index in [1.807, 2.05) is 0 Å². The highest BCUT2D eigenvalue weighted by molar-refractivity contribution is 7.92. The molecular weight excluding hydrogens is 272 g/mol. The molecule has 0 spiro atoms. The summed E-state index contributed by atoms with van der Waals surface area (Å²) in [6.45, 7) is 0.514. The Morgan fingerprint density at radius 2 is 2.00 bits per heavy atom. The largest absolute Gasteiger partial charge is 0.469 e. The summed E-state index contributed by atoms with van der Waals surface area (Å²) in [5, 5.41) is 2.41. The number of sulfone groups is 1. The molecule has 1 rings (SSSR count). The molecule has 3 N–H and O–H groups in total. The Morgan fingerprint density at radius 1 is 1.37 bits per heavy atom. The number of nitrogens with one attached hydrogen (secondary N) is 1. The molecule has 1 aliphatic carbocycles. The van der Waals surface area contributed by atoms with Gasteiger partial charge < -0.3 is 15.8 Å². The zero-order valence-corrected chi connectivity index (χ0v) is 11.8. The molecule has 0 radical (unpaired) electrons. The van der Waals surface area contributed by atoms with E-state index in [-0.39, 0.29) is 25.3 Å². The average Bonchev–Trinajstić information content (AvgIpc) is 3.03. The van der Waals surface area contributed by atoms with Gasteiger partial charge in [0.1, 0.15) is 5.75 Å². The van der Waals surface area contributed by atoms with Crippen molar-refractivity contribution in [1.82, 2.24) is 5.32 Å². The topological polar surface area (TPSA) is 116 Å². The summed E-state index contributed by atoms with van der Waals surface area (Å²) in [5.41, 5.74) is 4.68. The highest BCUT2D eigenvalue weighted by atomic mass is 32.2. The molecule has 0 aromatic heterocycles. The fourth-order valence-electron chi connectivity index (χ4n) is 1.91. The first-order valence-corrected chi connectivity index (χ1v) is 7.89. The minimum Gasteiger partial charge on any atom is -0.469 e. The fraction of sp³-hybridized carbons (Fsp3) is 0.818. The average molecular weight is 292 g/mol. The van der Waals surface area contributed by atoms with Crippen LogP contribution in [0.5, 0.6) is 0 Å². The number of hydrogen-bond acceptors (Lipinski definition) is 6.